The van der Waals surface area contributed by atoms with Crippen molar-refractivity contribution >= 4 is 56.9 Å². The number of carbonyl (C=O) groups is 2. The molecule has 0 saturated heterocycles. The zero-order chi connectivity index (χ0) is 17.8. The summed E-state index contributed by atoms with van der Waals surface area (Å²) in [6.45, 7) is 2.11. The van der Waals surface area contributed by atoms with Crippen molar-refractivity contribution < 1.29 is 14.3 Å². The molecule has 1 aliphatic rings. The van der Waals surface area contributed by atoms with Gasteiger partial charge in [0.05, 0.1) is 17.0 Å². The number of anilines is 1. The molecule has 0 aliphatic heterocycles. The van der Waals surface area contributed by atoms with E-state index in [-0.39, 0.29) is 17.0 Å². The van der Waals surface area contributed by atoms with Crippen LogP contribution in [0.15, 0.2) is 17.5 Å². The summed E-state index contributed by atoms with van der Waals surface area (Å²) >= 11 is 8.12. The van der Waals surface area contributed by atoms with Crippen LogP contribution in [0.4, 0.5) is 5.00 Å². The number of carbonyl (C=O) groups excluding carboxylic acids is 2. The monoisotopic (exact) mass is 394 g/mol. The van der Waals surface area contributed by atoms with Gasteiger partial charge in [0.2, 0.25) is 0 Å². The van der Waals surface area contributed by atoms with Gasteiger partial charge in [0, 0.05) is 4.88 Å². The van der Waals surface area contributed by atoms with Crippen LogP contribution >= 0.6 is 34.9 Å². The SMILES string of the molecule is CCOC(=O)c1c(NC(=S)NC(=O)c2cccs2)sc2c1CCCC2. The molecule has 2 aromatic heterocycles. The number of hydrogen-bond donors (Lipinski definition) is 2. The van der Waals surface area contributed by atoms with E-state index in [0.29, 0.717) is 22.0 Å². The fourth-order valence-electron chi connectivity index (χ4n) is 2.78. The van der Waals surface area contributed by atoms with E-state index in [2.05, 4.69) is 10.6 Å². The van der Waals surface area contributed by atoms with E-state index in [1.807, 2.05) is 11.4 Å². The van der Waals surface area contributed by atoms with Gasteiger partial charge in [-0.05, 0) is 61.8 Å². The molecule has 1 amide bonds. The van der Waals surface area contributed by atoms with Crippen molar-refractivity contribution in [1.29, 1.82) is 0 Å². The van der Waals surface area contributed by atoms with Crippen LogP contribution in [0, 0.1) is 0 Å². The Balaban J connectivity index is 1.79. The first-order valence-electron chi connectivity index (χ1n) is 8.07. The molecule has 3 rings (SSSR count). The van der Waals surface area contributed by atoms with Gasteiger partial charge in [0.1, 0.15) is 5.00 Å². The van der Waals surface area contributed by atoms with Crippen LogP contribution in [0.5, 0.6) is 0 Å². The smallest absolute Gasteiger partial charge is 0.341 e. The normalized spacial score (nSPS) is 13.0. The number of thiocarbonyl (C=S) groups is 1. The lowest BCUT2D eigenvalue weighted by molar-refractivity contribution is 0.0526. The van der Waals surface area contributed by atoms with E-state index in [0.717, 1.165) is 31.2 Å². The second-order valence-corrected chi connectivity index (χ2v) is 7.98. The third-order valence-corrected chi connectivity index (χ3v) is 6.13. The summed E-state index contributed by atoms with van der Waals surface area (Å²) in [5, 5.41) is 8.35. The predicted octanol–water partition coefficient (Wildman–Crippen LogP) is 3.99. The molecule has 0 unspecified atom stereocenters. The number of aryl methyl sites for hydroxylation is 1. The summed E-state index contributed by atoms with van der Waals surface area (Å²) in [7, 11) is 0. The number of amides is 1. The summed E-state index contributed by atoms with van der Waals surface area (Å²) in [6.07, 6.45) is 4.02. The Bertz CT molecular complexity index is 796. The minimum absolute atomic E-state index is 0.183. The van der Waals surface area contributed by atoms with Gasteiger partial charge in [-0.15, -0.1) is 22.7 Å². The Morgan fingerprint density at radius 1 is 1.32 bits per heavy atom. The van der Waals surface area contributed by atoms with Crippen molar-refractivity contribution in [3.8, 4) is 0 Å². The lowest BCUT2D eigenvalue weighted by atomic mass is 9.95. The van der Waals surface area contributed by atoms with Crippen molar-refractivity contribution in [2.24, 2.45) is 0 Å². The number of thiophene rings is 2. The maximum atomic E-state index is 12.4. The van der Waals surface area contributed by atoms with Crippen LogP contribution in [0.2, 0.25) is 0 Å². The van der Waals surface area contributed by atoms with Crippen molar-refractivity contribution in [3.63, 3.8) is 0 Å². The summed E-state index contributed by atoms with van der Waals surface area (Å²) in [4.78, 5) is 26.3. The number of nitrogens with one attached hydrogen (secondary N) is 2. The molecule has 5 nitrogen and oxygen atoms in total. The Labute approximate surface area is 159 Å². The van der Waals surface area contributed by atoms with Gasteiger partial charge in [0.15, 0.2) is 5.11 Å². The highest BCUT2D eigenvalue weighted by Gasteiger charge is 2.27. The highest BCUT2D eigenvalue weighted by molar-refractivity contribution is 7.80. The average molecular weight is 395 g/mol. The first-order chi connectivity index (χ1) is 12.1. The molecular formula is C17H18N2O3S3. The molecule has 2 heterocycles. The van der Waals surface area contributed by atoms with Crippen LogP contribution in [0.1, 0.15) is 50.2 Å². The highest BCUT2D eigenvalue weighted by atomic mass is 32.1. The Hall–Kier alpha value is -1.77. The zero-order valence-electron chi connectivity index (χ0n) is 13.7. The summed E-state index contributed by atoms with van der Waals surface area (Å²) in [6, 6.07) is 3.54. The molecule has 0 bridgehead atoms. The van der Waals surface area contributed by atoms with Gasteiger partial charge in [-0.1, -0.05) is 6.07 Å². The van der Waals surface area contributed by atoms with Gasteiger partial charge in [-0.2, -0.15) is 0 Å². The van der Waals surface area contributed by atoms with Gasteiger partial charge >= 0.3 is 5.97 Å². The molecule has 0 atom stereocenters. The highest BCUT2D eigenvalue weighted by Crippen LogP contribution is 2.38. The second kappa shape index (κ2) is 8.07. The van der Waals surface area contributed by atoms with Crippen molar-refractivity contribution in [3.05, 3.63) is 38.4 Å². The van der Waals surface area contributed by atoms with E-state index in [1.54, 1.807) is 13.0 Å². The first kappa shape index (κ1) is 18.0. The maximum absolute atomic E-state index is 12.4. The zero-order valence-corrected chi connectivity index (χ0v) is 16.2. The second-order valence-electron chi connectivity index (χ2n) is 5.52. The van der Waals surface area contributed by atoms with Gasteiger partial charge in [0.25, 0.3) is 5.91 Å². The number of ether oxygens (including phenoxy) is 1. The van der Waals surface area contributed by atoms with Crippen molar-refractivity contribution in [2.45, 2.75) is 32.6 Å². The summed E-state index contributed by atoms with van der Waals surface area (Å²) < 4.78 is 5.21. The lowest BCUT2D eigenvalue weighted by Gasteiger charge is -2.12. The van der Waals surface area contributed by atoms with E-state index < -0.39 is 0 Å². The molecule has 0 saturated carbocycles. The number of fused-ring (bicyclic) bond motifs is 1. The molecule has 1 aliphatic carbocycles. The van der Waals surface area contributed by atoms with Gasteiger partial charge in [-0.3, -0.25) is 10.1 Å². The number of rotatable bonds is 4. The van der Waals surface area contributed by atoms with Crippen LogP contribution in [-0.2, 0) is 17.6 Å². The lowest BCUT2D eigenvalue weighted by Crippen LogP contribution is -2.33. The Morgan fingerprint density at radius 3 is 2.84 bits per heavy atom. The first-order valence-corrected chi connectivity index (χ1v) is 10.2. The minimum Gasteiger partial charge on any atom is -0.462 e. The van der Waals surface area contributed by atoms with Crippen LogP contribution in [-0.4, -0.2) is 23.6 Å². The molecule has 0 aromatic carbocycles. The topological polar surface area (TPSA) is 67.4 Å². The molecule has 0 fully saturated rings. The number of esters is 1. The van der Waals surface area contributed by atoms with Crippen LogP contribution < -0.4 is 10.6 Å². The predicted molar refractivity (Wildman–Crippen MR) is 105 cm³/mol. The molecular weight excluding hydrogens is 376 g/mol. The Morgan fingerprint density at radius 2 is 2.12 bits per heavy atom. The van der Waals surface area contributed by atoms with Crippen molar-refractivity contribution in [1.82, 2.24) is 5.32 Å². The van der Waals surface area contributed by atoms with Crippen molar-refractivity contribution in [2.75, 3.05) is 11.9 Å². The van der Waals surface area contributed by atoms with E-state index in [9.17, 15) is 9.59 Å². The third-order valence-electron chi connectivity index (χ3n) is 3.85. The van der Waals surface area contributed by atoms with Crippen LogP contribution in [0.3, 0.4) is 0 Å². The maximum Gasteiger partial charge on any atom is 0.341 e. The molecule has 25 heavy (non-hydrogen) atoms. The van der Waals surface area contributed by atoms with Gasteiger partial charge < -0.3 is 10.1 Å². The summed E-state index contributed by atoms with van der Waals surface area (Å²) in [5.74, 6) is -0.594. The summed E-state index contributed by atoms with van der Waals surface area (Å²) in [5.41, 5.74) is 1.62. The average Bonchev–Trinajstić information content (AvgIpc) is 3.22. The minimum atomic E-state index is -0.336. The fraction of sp³-hybridized carbons (Fsp3) is 0.353. The quantitative estimate of drug-likeness (QED) is 0.606. The fourth-order valence-corrected chi connectivity index (χ4v) is 4.94. The molecule has 8 heteroatoms. The van der Waals surface area contributed by atoms with E-state index in [1.165, 1.54) is 27.6 Å². The van der Waals surface area contributed by atoms with Crippen LogP contribution in [0.25, 0.3) is 0 Å². The Kier molecular flexibility index (Phi) is 5.82. The molecule has 0 spiro atoms. The molecule has 0 radical (unpaired) electrons. The third kappa shape index (κ3) is 4.08. The van der Waals surface area contributed by atoms with E-state index in [4.69, 9.17) is 17.0 Å². The number of hydrogen-bond acceptors (Lipinski definition) is 6. The molecule has 2 N–H and O–H groups in total. The largest absolute Gasteiger partial charge is 0.462 e. The van der Waals surface area contributed by atoms with Gasteiger partial charge in [-0.25, -0.2) is 4.79 Å². The standard InChI is InChI=1S/C17H18N2O3S3/c1-2-22-16(21)13-10-6-3-4-7-11(10)25-15(13)19-17(23)18-14(20)12-8-5-9-24-12/h5,8-9H,2-4,6-7H2,1H3,(H2,18,19,20,23). The van der Waals surface area contributed by atoms with E-state index >= 15 is 0 Å². The molecule has 2 aromatic rings. The molecule has 132 valence electrons.